The third-order valence-corrected chi connectivity index (χ3v) is 4.07. The SMILES string of the molecule is COc1ccc(I)c(Oc2ccc(Nc3ccc(C)cn3)cc2)n1. The van der Waals surface area contributed by atoms with E-state index in [2.05, 4.69) is 37.9 Å². The van der Waals surface area contributed by atoms with Crippen LogP contribution in [-0.2, 0) is 0 Å². The van der Waals surface area contributed by atoms with E-state index in [1.165, 1.54) is 0 Å². The molecule has 2 aromatic heterocycles. The highest BCUT2D eigenvalue weighted by atomic mass is 127. The number of anilines is 2. The third-order valence-electron chi connectivity index (χ3n) is 3.25. The molecule has 24 heavy (non-hydrogen) atoms. The van der Waals surface area contributed by atoms with E-state index < -0.39 is 0 Å². The number of pyridine rings is 2. The van der Waals surface area contributed by atoms with Gasteiger partial charge in [0.05, 0.1) is 10.7 Å². The van der Waals surface area contributed by atoms with Gasteiger partial charge in [-0.15, -0.1) is 0 Å². The van der Waals surface area contributed by atoms with Gasteiger partial charge in [-0.25, -0.2) is 4.98 Å². The molecule has 0 saturated carbocycles. The summed E-state index contributed by atoms with van der Waals surface area (Å²) < 4.78 is 11.9. The van der Waals surface area contributed by atoms with Crippen LogP contribution in [0.3, 0.4) is 0 Å². The Hall–Kier alpha value is -2.35. The molecule has 5 nitrogen and oxygen atoms in total. The normalized spacial score (nSPS) is 10.3. The Morgan fingerprint density at radius 1 is 1.00 bits per heavy atom. The maximum atomic E-state index is 5.83. The van der Waals surface area contributed by atoms with Crippen LogP contribution in [0.1, 0.15) is 5.56 Å². The van der Waals surface area contributed by atoms with E-state index in [1.807, 2.05) is 55.6 Å². The van der Waals surface area contributed by atoms with Gasteiger partial charge in [-0.3, -0.25) is 0 Å². The van der Waals surface area contributed by atoms with Gasteiger partial charge in [0.2, 0.25) is 11.8 Å². The van der Waals surface area contributed by atoms with Gasteiger partial charge in [0.1, 0.15) is 11.6 Å². The van der Waals surface area contributed by atoms with Gasteiger partial charge >= 0.3 is 0 Å². The number of hydrogen-bond acceptors (Lipinski definition) is 5. The fourth-order valence-electron chi connectivity index (χ4n) is 2.00. The van der Waals surface area contributed by atoms with Crippen LogP contribution in [0.2, 0.25) is 0 Å². The molecule has 3 rings (SSSR count). The summed E-state index contributed by atoms with van der Waals surface area (Å²) in [5.41, 5.74) is 2.07. The second-order valence-corrected chi connectivity index (χ2v) is 6.28. The molecule has 1 aromatic carbocycles. The number of halogens is 1. The summed E-state index contributed by atoms with van der Waals surface area (Å²) in [6.07, 6.45) is 1.83. The number of benzene rings is 1. The molecule has 0 bridgehead atoms. The Bertz CT molecular complexity index is 821. The molecule has 0 aliphatic carbocycles. The van der Waals surface area contributed by atoms with Gasteiger partial charge in [0, 0.05) is 18.0 Å². The molecule has 0 spiro atoms. The van der Waals surface area contributed by atoms with Gasteiger partial charge in [0.15, 0.2) is 0 Å². The van der Waals surface area contributed by atoms with E-state index in [4.69, 9.17) is 9.47 Å². The van der Waals surface area contributed by atoms with Crippen molar-refractivity contribution in [1.29, 1.82) is 0 Å². The summed E-state index contributed by atoms with van der Waals surface area (Å²) >= 11 is 2.18. The van der Waals surface area contributed by atoms with Crippen LogP contribution in [-0.4, -0.2) is 17.1 Å². The van der Waals surface area contributed by atoms with E-state index in [9.17, 15) is 0 Å². The minimum Gasteiger partial charge on any atom is -0.481 e. The largest absolute Gasteiger partial charge is 0.481 e. The van der Waals surface area contributed by atoms with Crippen molar-refractivity contribution in [2.75, 3.05) is 12.4 Å². The lowest BCUT2D eigenvalue weighted by molar-refractivity contribution is 0.382. The number of ether oxygens (including phenoxy) is 2. The lowest BCUT2D eigenvalue weighted by Crippen LogP contribution is -1.95. The molecule has 0 radical (unpaired) electrons. The van der Waals surface area contributed by atoms with Crippen LogP contribution < -0.4 is 14.8 Å². The van der Waals surface area contributed by atoms with E-state index in [1.54, 1.807) is 13.2 Å². The highest BCUT2D eigenvalue weighted by molar-refractivity contribution is 14.1. The molecule has 6 heteroatoms. The third kappa shape index (κ3) is 4.14. The average molecular weight is 433 g/mol. The average Bonchev–Trinajstić information content (AvgIpc) is 2.60. The molecule has 3 aromatic rings. The number of aromatic nitrogens is 2. The number of hydrogen-bond donors (Lipinski definition) is 1. The van der Waals surface area contributed by atoms with E-state index in [0.29, 0.717) is 17.5 Å². The molecular weight excluding hydrogens is 417 g/mol. The second kappa shape index (κ2) is 7.48. The Morgan fingerprint density at radius 3 is 2.46 bits per heavy atom. The zero-order valence-corrected chi connectivity index (χ0v) is 15.4. The fraction of sp³-hybridized carbons (Fsp3) is 0.111. The molecule has 1 N–H and O–H groups in total. The topological polar surface area (TPSA) is 56.3 Å². The van der Waals surface area contributed by atoms with Crippen molar-refractivity contribution < 1.29 is 9.47 Å². The zero-order valence-electron chi connectivity index (χ0n) is 13.3. The zero-order chi connectivity index (χ0) is 16.9. The first-order valence-electron chi connectivity index (χ1n) is 7.32. The quantitative estimate of drug-likeness (QED) is 0.579. The van der Waals surface area contributed by atoms with E-state index in [-0.39, 0.29) is 0 Å². The number of methoxy groups -OCH3 is 1. The van der Waals surface area contributed by atoms with Crippen molar-refractivity contribution in [1.82, 2.24) is 9.97 Å². The molecule has 0 unspecified atom stereocenters. The predicted molar refractivity (Wildman–Crippen MR) is 102 cm³/mol. The molecule has 0 atom stereocenters. The molecule has 0 aliphatic rings. The van der Waals surface area contributed by atoms with Crippen molar-refractivity contribution >= 4 is 34.1 Å². The lowest BCUT2D eigenvalue weighted by atomic mass is 10.3. The van der Waals surface area contributed by atoms with Crippen molar-refractivity contribution in [3.8, 4) is 17.5 Å². The second-order valence-electron chi connectivity index (χ2n) is 5.11. The molecule has 0 saturated heterocycles. The summed E-state index contributed by atoms with van der Waals surface area (Å²) in [4.78, 5) is 8.63. The summed E-state index contributed by atoms with van der Waals surface area (Å²) in [5.74, 6) is 2.55. The van der Waals surface area contributed by atoms with Crippen LogP contribution in [0.4, 0.5) is 11.5 Å². The number of nitrogens with zero attached hydrogens (tertiary/aromatic N) is 2. The first-order valence-corrected chi connectivity index (χ1v) is 8.40. The monoisotopic (exact) mass is 433 g/mol. The maximum Gasteiger partial charge on any atom is 0.236 e. The molecule has 0 amide bonds. The first kappa shape index (κ1) is 16.5. The molecule has 0 aliphatic heterocycles. The van der Waals surface area contributed by atoms with Crippen LogP contribution in [0.15, 0.2) is 54.7 Å². The minimum absolute atomic E-state index is 0.522. The summed E-state index contributed by atoms with van der Waals surface area (Å²) in [6.45, 7) is 2.01. The number of rotatable bonds is 5. The standard InChI is InChI=1S/C18H16IN3O2/c1-12-3-9-16(20-11-12)21-13-4-6-14(7-5-13)24-18-15(19)8-10-17(22-18)23-2/h3-11H,1-2H3,(H,20,21). The van der Waals surface area contributed by atoms with Crippen molar-refractivity contribution in [2.24, 2.45) is 0 Å². The van der Waals surface area contributed by atoms with Crippen LogP contribution in [0, 0.1) is 10.5 Å². The minimum atomic E-state index is 0.522. The van der Waals surface area contributed by atoms with Crippen LogP contribution in [0.5, 0.6) is 17.5 Å². The van der Waals surface area contributed by atoms with Gasteiger partial charge in [-0.2, -0.15) is 4.98 Å². The first-order chi connectivity index (χ1) is 11.6. The van der Waals surface area contributed by atoms with Gasteiger partial charge < -0.3 is 14.8 Å². The Labute approximate surface area is 154 Å². The van der Waals surface area contributed by atoms with Crippen molar-refractivity contribution in [3.05, 3.63) is 63.9 Å². The van der Waals surface area contributed by atoms with E-state index in [0.717, 1.165) is 20.6 Å². The van der Waals surface area contributed by atoms with Crippen molar-refractivity contribution in [3.63, 3.8) is 0 Å². The fourth-order valence-corrected chi connectivity index (χ4v) is 2.41. The molecule has 2 heterocycles. The van der Waals surface area contributed by atoms with Crippen LogP contribution in [0.25, 0.3) is 0 Å². The summed E-state index contributed by atoms with van der Waals surface area (Å²) in [5, 5.41) is 3.25. The number of nitrogens with one attached hydrogen (secondary N) is 1. The Morgan fingerprint density at radius 2 is 1.79 bits per heavy atom. The maximum absolute atomic E-state index is 5.83. The predicted octanol–water partition coefficient (Wildman–Crippen LogP) is 4.93. The van der Waals surface area contributed by atoms with E-state index >= 15 is 0 Å². The summed E-state index contributed by atoms with van der Waals surface area (Å²) in [7, 11) is 1.58. The number of aryl methyl sites for hydroxylation is 1. The van der Waals surface area contributed by atoms with Crippen LogP contribution >= 0.6 is 22.6 Å². The lowest BCUT2D eigenvalue weighted by Gasteiger charge is -2.10. The Kier molecular flexibility index (Phi) is 5.14. The summed E-state index contributed by atoms with van der Waals surface area (Å²) in [6, 6.07) is 15.3. The molecule has 122 valence electrons. The van der Waals surface area contributed by atoms with Gasteiger partial charge in [-0.1, -0.05) is 6.07 Å². The smallest absolute Gasteiger partial charge is 0.236 e. The molecule has 0 fully saturated rings. The highest BCUT2D eigenvalue weighted by Crippen LogP contribution is 2.28. The van der Waals surface area contributed by atoms with Gasteiger partial charge in [0.25, 0.3) is 0 Å². The van der Waals surface area contributed by atoms with Crippen molar-refractivity contribution in [2.45, 2.75) is 6.92 Å². The van der Waals surface area contributed by atoms with Gasteiger partial charge in [-0.05, 0) is 71.5 Å². The highest BCUT2D eigenvalue weighted by Gasteiger charge is 2.07. The Balaban J connectivity index is 1.71. The molecular formula is C18H16IN3O2.